The first-order valence-electron chi connectivity index (χ1n) is 28.4. The molecule has 2 fully saturated rings. The van der Waals surface area contributed by atoms with Crippen molar-refractivity contribution < 1.29 is 0 Å². The van der Waals surface area contributed by atoms with E-state index in [9.17, 15) is 0 Å². The summed E-state index contributed by atoms with van der Waals surface area (Å²) in [4.78, 5) is 5.18. The Balaban J connectivity index is 0.000000410. The van der Waals surface area contributed by atoms with Crippen molar-refractivity contribution in [2.75, 3.05) is 26.2 Å². The molecule has 0 aromatic carbocycles. The highest BCUT2D eigenvalue weighted by Crippen LogP contribution is 2.48. The van der Waals surface area contributed by atoms with Crippen molar-refractivity contribution in [3.63, 3.8) is 0 Å². The van der Waals surface area contributed by atoms with E-state index in [0.717, 1.165) is 30.2 Å². The molecule has 1 saturated heterocycles. The summed E-state index contributed by atoms with van der Waals surface area (Å²) in [6.07, 6.45) is 26.9. The first-order valence-corrected chi connectivity index (χ1v) is 28.4. The molecule has 1 saturated carbocycles. The Bertz CT molecular complexity index is 1600. The van der Waals surface area contributed by atoms with Crippen LogP contribution < -0.4 is 0 Å². The highest BCUT2D eigenvalue weighted by molar-refractivity contribution is 5.19. The van der Waals surface area contributed by atoms with Gasteiger partial charge in [-0.3, -0.25) is 9.80 Å². The molecular weight excluding hydrogens is 821 g/mol. The standard InChI is InChI=1S/C13H24.C12H25N.C12H23N.C11H22.2C9H16/c1-10-7-11(12(2,3)4)9-13(5,6)8-10;2*1-10-7-12(5,6)9-13(8-10)11(2,3)4;1-10(2,3)9-6-7-11(4,5)8-9;2*1-9(2,3)8-6-4-5-7-8/h9-10H,7-8H2,1-6H3;10H,7-9H2,1-6H3;7H,8-9H2,1-6H3;9H,6-8H2,1-5H3;6H,4-5,7H2,1-3H3;4-5,8H,6-7H2,1-3H3. The van der Waals surface area contributed by atoms with Crippen molar-refractivity contribution in [1.82, 2.24) is 9.80 Å². The van der Waals surface area contributed by atoms with Gasteiger partial charge in [-0.15, -0.1) is 0 Å². The van der Waals surface area contributed by atoms with Crippen LogP contribution in [-0.4, -0.2) is 47.1 Å². The van der Waals surface area contributed by atoms with E-state index in [1.165, 1.54) is 95.8 Å². The second-order valence-electron chi connectivity index (χ2n) is 32.8. The molecule has 4 aliphatic carbocycles. The minimum Gasteiger partial charge on any atom is -0.298 e. The van der Waals surface area contributed by atoms with E-state index >= 15 is 0 Å². The molecule has 2 nitrogen and oxygen atoms in total. The summed E-state index contributed by atoms with van der Waals surface area (Å²) in [5.41, 5.74) is 9.20. The fraction of sp³-hybridized carbons (Fsp3) is 0.879. The second kappa shape index (κ2) is 24.7. The smallest absolute Gasteiger partial charge is 0.0195 e. The average Bonchev–Trinajstić information content (AvgIpc) is 3.89. The van der Waals surface area contributed by atoms with Crippen LogP contribution in [0.4, 0.5) is 0 Å². The maximum absolute atomic E-state index is 2.63. The van der Waals surface area contributed by atoms with Crippen LogP contribution in [0.1, 0.15) is 271 Å². The van der Waals surface area contributed by atoms with E-state index in [4.69, 9.17) is 0 Å². The Kier molecular flexibility index (Phi) is 23.6. The van der Waals surface area contributed by atoms with Crippen molar-refractivity contribution >= 4 is 0 Å². The first-order chi connectivity index (χ1) is 30.1. The van der Waals surface area contributed by atoms with Crippen LogP contribution >= 0.6 is 0 Å². The molecule has 0 bridgehead atoms. The Hall–Kier alpha value is -1.12. The predicted molar refractivity (Wildman–Crippen MR) is 311 cm³/mol. The van der Waals surface area contributed by atoms with Crippen LogP contribution in [-0.2, 0) is 0 Å². The zero-order valence-electron chi connectivity index (χ0n) is 52.2. The molecule has 0 radical (unpaired) electrons. The number of hydrogen-bond donors (Lipinski definition) is 0. The van der Waals surface area contributed by atoms with Crippen molar-refractivity contribution in [3.8, 4) is 0 Å². The molecule has 6 aliphatic rings. The van der Waals surface area contributed by atoms with Gasteiger partial charge in [0.05, 0.1) is 0 Å². The number of allylic oxidation sites excluding steroid dienone is 6. The third-order valence-electron chi connectivity index (χ3n) is 16.0. The molecule has 0 spiro atoms. The lowest BCUT2D eigenvalue weighted by molar-refractivity contribution is 0.0163. The van der Waals surface area contributed by atoms with E-state index in [0.29, 0.717) is 54.4 Å². The number of hydrogen-bond acceptors (Lipinski definition) is 2. The topological polar surface area (TPSA) is 6.48 Å². The van der Waals surface area contributed by atoms with E-state index in [2.05, 4.69) is 241 Å². The van der Waals surface area contributed by atoms with Crippen LogP contribution in [0, 0.1) is 67.0 Å². The number of likely N-dealkylation sites (tertiary alicyclic amines) is 1. The van der Waals surface area contributed by atoms with Crippen molar-refractivity contribution in [3.05, 3.63) is 47.1 Å². The van der Waals surface area contributed by atoms with Gasteiger partial charge in [0, 0.05) is 37.3 Å². The van der Waals surface area contributed by atoms with Gasteiger partial charge < -0.3 is 0 Å². The minimum atomic E-state index is 0.298. The number of rotatable bonds is 0. The lowest BCUT2D eigenvalue weighted by Gasteiger charge is -2.47. The van der Waals surface area contributed by atoms with Crippen LogP contribution in [0.2, 0.25) is 0 Å². The van der Waals surface area contributed by atoms with E-state index in [1.807, 2.05) is 0 Å². The van der Waals surface area contributed by atoms with E-state index in [-0.39, 0.29) is 0 Å². The van der Waals surface area contributed by atoms with Crippen molar-refractivity contribution in [2.45, 2.75) is 282 Å². The van der Waals surface area contributed by atoms with Gasteiger partial charge in [-0.1, -0.05) is 199 Å². The quantitative estimate of drug-likeness (QED) is 0.223. The molecule has 0 amide bonds. The molecule has 2 heteroatoms. The third kappa shape index (κ3) is 25.5. The van der Waals surface area contributed by atoms with Gasteiger partial charge in [0.15, 0.2) is 0 Å². The molecule has 2 aliphatic heterocycles. The molecule has 0 N–H and O–H groups in total. The fourth-order valence-electron chi connectivity index (χ4n) is 11.9. The van der Waals surface area contributed by atoms with Gasteiger partial charge in [0.1, 0.15) is 0 Å². The van der Waals surface area contributed by atoms with Gasteiger partial charge in [-0.2, -0.15) is 0 Å². The maximum atomic E-state index is 2.63. The number of nitrogens with zero attached hydrogens (tertiary/aromatic N) is 2. The third-order valence-corrected chi connectivity index (χ3v) is 16.0. The summed E-state index contributed by atoms with van der Waals surface area (Å²) in [5, 5.41) is 0. The zero-order valence-corrected chi connectivity index (χ0v) is 52.2. The SMILES string of the molecule is CC(C)(C)C1=CCCC1.CC(C)(C)C1CC=CC1.CC1(C)CCC(C(C)(C)C)C1.CC1=CC(C)(C)CN(C(C)(C)C)C1.CC1CC(C(C)(C)C)=CC(C)(C)C1.CC1CN(C(C)(C)C)CC(C)(C)C1. The van der Waals surface area contributed by atoms with Crippen LogP contribution in [0.15, 0.2) is 47.1 Å². The zero-order chi connectivity index (χ0) is 53.3. The van der Waals surface area contributed by atoms with Gasteiger partial charge in [-0.05, 0) is 186 Å². The molecular formula is C66H126N2. The molecule has 68 heavy (non-hydrogen) atoms. The van der Waals surface area contributed by atoms with Crippen molar-refractivity contribution in [2.24, 2.45) is 67.0 Å². The molecule has 3 atom stereocenters. The van der Waals surface area contributed by atoms with E-state index < -0.39 is 0 Å². The highest BCUT2D eigenvalue weighted by Gasteiger charge is 2.38. The second-order valence-corrected chi connectivity index (χ2v) is 32.8. The molecule has 0 aromatic heterocycles. The highest BCUT2D eigenvalue weighted by atomic mass is 15.2. The lowest BCUT2D eigenvalue weighted by atomic mass is 9.69. The summed E-state index contributed by atoms with van der Waals surface area (Å²) in [6.45, 7) is 72.5. The summed E-state index contributed by atoms with van der Waals surface area (Å²) in [5.74, 6) is 3.56. The van der Waals surface area contributed by atoms with Crippen molar-refractivity contribution in [1.29, 1.82) is 0 Å². The molecule has 2 heterocycles. The molecule has 3 unspecified atom stereocenters. The Morgan fingerprint density at radius 1 is 0.529 bits per heavy atom. The molecule has 6 rings (SSSR count). The van der Waals surface area contributed by atoms with Gasteiger partial charge in [0.25, 0.3) is 0 Å². The van der Waals surface area contributed by atoms with E-state index in [1.54, 1.807) is 11.1 Å². The van der Waals surface area contributed by atoms with Crippen LogP contribution in [0.25, 0.3) is 0 Å². The monoisotopic (exact) mass is 947 g/mol. The Labute approximate surface area is 430 Å². The fourth-order valence-corrected chi connectivity index (χ4v) is 11.9. The van der Waals surface area contributed by atoms with Gasteiger partial charge in [-0.25, -0.2) is 0 Å². The summed E-state index contributed by atoms with van der Waals surface area (Å²) >= 11 is 0. The summed E-state index contributed by atoms with van der Waals surface area (Å²) < 4.78 is 0. The van der Waals surface area contributed by atoms with Crippen LogP contribution in [0.3, 0.4) is 0 Å². The molecule has 400 valence electrons. The Morgan fingerprint density at radius 3 is 1.34 bits per heavy atom. The van der Waals surface area contributed by atoms with Gasteiger partial charge in [0.2, 0.25) is 0 Å². The summed E-state index contributed by atoms with van der Waals surface area (Å²) in [7, 11) is 0. The molecule has 0 aromatic rings. The summed E-state index contributed by atoms with van der Waals surface area (Å²) in [6, 6.07) is 0. The maximum Gasteiger partial charge on any atom is 0.0195 e. The van der Waals surface area contributed by atoms with Crippen LogP contribution in [0.5, 0.6) is 0 Å². The largest absolute Gasteiger partial charge is 0.298 e. The predicted octanol–water partition coefficient (Wildman–Crippen LogP) is 20.6. The lowest BCUT2D eigenvalue weighted by Crippen LogP contribution is -2.52. The Morgan fingerprint density at radius 2 is 1.03 bits per heavy atom. The normalized spacial score (nSPS) is 26.4. The number of piperidine rings is 1. The average molecular weight is 948 g/mol. The first kappa shape index (κ1) is 64.9. The van der Waals surface area contributed by atoms with Gasteiger partial charge >= 0.3 is 0 Å². The minimum absolute atomic E-state index is 0.298.